The summed E-state index contributed by atoms with van der Waals surface area (Å²) in [5.74, 6) is 7.03. The summed E-state index contributed by atoms with van der Waals surface area (Å²) in [4.78, 5) is 33.0. The van der Waals surface area contributed by atoms with E-state index in [1.807, 2.05) is 67.4 Å². The Bertz CT molecular complexity index is 6130. The number of halogens is 1. The van der Waals surface area contributed by atoms with E-state index in [0.29, 0.717) is 47.3 Å². The number of carboxylic acid groups (broad SMARTS) is 1. The van der Waals surface area contributed by atoms with Gasteiger partial charge in [-0.05, 0) is 268 Å². The molecule has 0 aliphatic carbocycles. The van der Waals surface area contributed by atoms with Crippen molar-refractivity contribution < 1.29 is 19.7 Å². The molecule has 0 amide bonds. The first-order chi connectivity index (χ1) is 61.8. The highest BCUT2D eigenvalue weighted by atomic mass is 127. The van der Waals surface area contributed by atoms with Crippen LogP contribution in [0, 0.1) is 3.57 Å². The first kappa shape index (κ1) is 90.7. The number of pyridine rings is 1. The maximum Gasteiger partial charge on any atom is 0.354 e. The molecule has 0 unspecified atom stereocenters. The highest BCUT2D eigenvalue weighted by molar-refractivity contribution is 14.1. The summed E-state index contributed by atoms with van der Waals surface area (Å²) in [6.45, 7) is 36.3. The number of hydrogen-bond acceptors (Lipinski definition) is 8. The van der Waals surface area contributed by atoms with E-state index >= 15 is 0 Å². The van der Waals surface area contributed by atoms with Gasteiger partial charge in [0.05, 0.1) is 22.7 Å². The lowest BCUT2D eigenvalue weighted by Gasteiger charge is -2.24. The van der Waals surface area contributed by atoms with Gasteiger partial charge in [0.25, 0.3) is 0 Å². The molecule has 14 heteroatoms. The van der Waals surface area contributed by atoms with Gasteiger partial charge in [-0.25, -0.2) is 29.7 Å². The lowest BCUT2D eigenvalue weighted by Crippen LogP contribution is -2.09. The smallest absolute Gasteiger partial charge is 0.354 e. The highest BCUT2D eigenvalue weighted by Crippen LogP contribution is 2.45. The predicted molar refractivity (Wildman–Crippen MR) is 536 cm³/mol. The number of rotatable bonds is 23. The van der Waals surface area contributed by atoms with E-state index in [2.05, 4.69) is 399 Å². The summed E-state index contributed by atoms with van der Waals surface area (Å²) in [6.07, 6.45) is 17.3. The van der Waals surface area contributed by atoms with Crippen LogP contribution in [0.5, 0.6) is 17.2 Å². The van der Waals surface area contributed by atoms with Crippen LogP contribution in [0.15, 0.2) is 341 Å². The third kappa shape index (κ3) is 20.9. The molecular formula is C114H114IN9O4. The second kappa shape index (κ2) is 41.3. The molecular weight excluding hydrogens is 1690 g/mol. The zero-order valence-electron chi connectivity index (χ0n) is 76.1. The first-order valence-corrected chi connectivity index (χ1v) is 45.5. The minimum Gasteiger partial charge on any atom is -0.508 e. The SMILES string of the molecule is CC(C)c1cc(-c2ccccc2)cc(C(C)C)c1-n1ccnc1-c1cccc(I)c1.CC(C)c1cc(-c2ccccc2)cc(C(C)C)c1-n1ccnc1-c1cccc(O)c1.CC(C)c1cc(-c2ccccc2)cc(C(C)C)c1-n1ccnc1-c1cccc(Oc2cccc(-c3nccn3-c3c(C(C)C)cc(-c4ccccc4)cc3C(C)C)c2)c1.O=C(O)c1ccccn1. The van der Waals surface area contributed by atoms with Crippen LogP contribution < -0.4 is 4.74 Å². The number of phenols is 1. The van der Waals surface area contributed by atoms with Crippen LogP contribution in [-0.2, 0) is 0 Å². The monoisotopic (exact) mass is 1800 g/mol. The molecule has 5 aromatic heterocycles. The van der Waals surface area contributed by atoms with Crippen LogP contribution >= 0.6 is 22.6 Å². The van der Waals surface area contributed by atoms with Gasteiger partial charge in [0.1, 0.15) is 46.2 Å². The predicted octanol–water partition coefficient (Wildman–Crippen LogP) is 31.0. The molecule has 0 radical (unpaired) electrons. The van der Waals surface area contributed by atoms with Crippen LogP contribution in [0.25, 0.3) is 113 Å². The Labute approximate surface area is 768 Å². The fraction of sp³-hybridized carbons (Fsp3) is 0.211. The number of benzene rings is 12. The van der Waals surface area contributed by atoms with E-state index in [1.54, 1.807) is 24.3 Å². The van der Waals surface area contributed by atoms with E-state index in [4.69, 9.17) is 24.8 Å². The van der Waals surface area contributed by atoms with Crippen LogP contribution in [0.3, 0.4) is 0 Å². The summed E-state index contributed by atoms with van der Waals surface area (Å²) in [7, 11) is 0. The van der Waals surface area contributed by atoms with Gasteiger partial charge in [0.2, 0.25) is 0 Å². The van der Waals surface area contributed by atoms with E-state index in [1.165, 1.54) is 128 Å². The van der Waals surface area contributed by atoms with Crippen molar-refractivity contribution >= 4 is 28.6 Å². The van der Waals surface area contributed by atoms with Crippen molar-refractivity contribution in [1.29, 1.82) is 0 Å². The number of aromatic hydroxyl groups is 1. The molecule has 0 atom stereocenters. The Morgan fingerprint density at radius 3 is 0.758 bits per heavy atom. The second-order valence-electron chi connectivity index (χ2n) is 34.9. The van der Waals surface area contributed by atoms with Crippen molar-refractivity contribution in [3.63, 3.8) is 0 Å². The molecule has 0 bridgehead atoms. The molecule has 0 aliphatic heterocycles. The number of aromatic nitrogens is 9. The Balaban J connectivity index is 0.000000160. The number of carboxylic acids is 1. The van der Waals surface area contributed by atoms with Gasteiger partial charge in [-0.3, -0.25) is 18.3 Å². The number of nitrogens with zero attached hydrogens (tertiary/aromatic N) is 9. The van der Waals surface area contributed by atoms with E-state index in [0.717, 1.165) is 57.1 Å². The molecule has 0 fully saturated rings. The molecule has 5 heterocycles. The van der Waals surface area contributed by atoms with Crippen LogP contribution in [0.4, 0.5) is 0 Å². The fourth-order valence-corrected chi connectivity index (χ4v) is 17.2. The van der Waals surface area contributed by atoms with Gasteiger partial charge >= 0.3 is 5.97 Å². The van der Waals surface area contributed by atoms with Gasteiger partial charge in [0.15, 0.2) is 0 Å². The van der Waals surface area contributed by atoms with Crippen molar-refractivity contribution in [3.8, 4) is 130 Å². The van der Waals surface area contributed by atoms with Gasteiger partial charge in [-0.1, -0.05) is 287 Å². The van der Waals surface area contributed by atoms with Crippen LogP contribution in [0.1, 0.15) is 213 Å². The van der Waals surface area contributed by atoms with E-state index in [9.17, 15) is 9.90 Å². The third-order valence-corrected chi connectivity index (χ3v) is 23.8. The second-order valence-corrected chi connectivity index (χ2v) is 36.2. The molecule has 0 saturated heterocycles. The summed E-state index contributed by atoms with van der Waals surface area (Å²) in [6, 6.07) is 98.5. The van der Waals surface area contributed by atoms with Gasteiger partial charge in [-0.2, -0.15) is 0 Å². The fourth-order valence-electron chi connectivity index (χ4n) is 16.6. The summed E-state index contributed by atoms with van der Waals surface area (Å²) < 4.78 is 16.9. The lowest BCUT2D eigenvalue weighted by atomic mass is 9.88. The average Bonchev–Trinajstić information content (AvgIpc) is 1.41. The molecule has 0 saturated carbocycles. The molecule has 17 aromatic rings. The number of imidazole rings is 4. The van der Waals surface area contributed by atoms with Crippen molar-refractivity contribution in [1.82, 2.24) is 43.2 Å². The highest BCUT2D eigenvalue weighted by Gasteiger charge is 2.27. The van der Waals surface area contributed by atoms with Crippen molar-refractivity contribution in [3.05, 3.63) is 395 Å². The van der Waals surface area contributed by atoms with Crippen molar-refractivity contribution in [2.24, 2.45) is 0 Å². The topological polar surface area (TPSA) is 151 Å². The Morgan fingerprint density at radius 1 is 0.266 bits per heavy atom. The number of ether oxygens (including phenoxy) is 1. The van der Waals surface area contributed by atoms with Crippen molar-refractivity contribution in [2.45, 2.75) is 158 Å². The van der Waals surface area contributed by atoms with E-state index < -0.39 is 5.97 Å². The minimum atomic E-state index is -0.990. The molecule has 128 heavy (non-hydrogen) atoms. The van der Waals surface area contributed by atoms with Crippen LogP contribution in [0.2, 0.25) is 0 Å². The van der Waals surface area contributed by atoms with Gasteiger partial charge in [-0.15, -0.1) is 0 Å². The van der Waals surface area contributed by atoms with Crippen LogP contribution in [-0.4, -0.2) is 59.4 Å². The maximum atomic E-state index is 10.1. The zero-order chi connectivity index (χ0) is 90.4. The Kier molecular flexibility index (Phi) is 29.2. The Morgan fingerprint density at radius 2 is 0.516 bits per heavy atom. The average molecular weight is 1800 g/mol. The number of aromatic carboxylic acids is 1. The molecule has 12 aromatic carbocycles. The summed E-state index contributed by atoms with van der Waals surface area (Å²) >= 11 is 2.37. The quantitative estimate of drug-likeness (QED) is 0.0597. The molecule has 0 spiro atoms. The maximum absolute atomic E-state index is 10.1. The first-order valence-electron chi connectivity index (χ1n) is 44.4. The standard InChI is InChI=1S/C54H54N4O.C27H27IN2.C27H28N2O.C6H5NO2/c1-35(2)47-31-43(39-17-11-9-12-18-39)32-48(36(3)4)51(47)57-27-25-55-53(57)41-21-15-23-45(29-41)59-46-24-16-22-42(30-46)54-56-26-28-58(54)52-49(37(5)6)33-44(34-50(52)38(7)8)40-19-13-10-14-20-40;1-18(2)24-16-22(20-9-6-5-7-10-20)17-25(19(3)4)26(24)30-14-13-29-27(30)21-11-8-12-23(28)15-21;1-18(2)24-16-22(20-9-6-5-7-10-20)17-25(19(3)4)26(24)29-14-13-28-27(29)21-11-8-12-23(30)15-21;8-6(9)5-3-1-2-4-7-5/h9-38H,1-8H3;5-19H,1-4H3;5-19,30H,1-4H3;1-4H,(H,8,9). The Hall–Kier alpha value is -13.6. The lowest BCUT2D eigenvalue weighted by molar-refractivity contribution is 0.0690. The normalized spacial score (nSPS) is 11.4. The molecule has 13 nitrogen and oxygen atoms in total. The summed E-state index contributed by atoms with van der Waals surface area (Å²) in [5.41, 5.74) is 29.4. The number of carbonyl (C=O) groups is 1. The molecule has 0 aliphatic rings. The van der Waals surface area contributed by atoms with E-state index in [-0.39, 0.29) is 11.4 Å². The minimum absolute atomic E-state index is 0.0810. The molecule has 2 N–H and O–H groups in total. The number of hydrogen-bond donors (Lipinski definition) is 2. The summed E-state index contributed by atoms with van der Waals surface area (Å²) in [5, 5.41) is 18.3. The van der Waals surface area contributed by atoms with Crippen molar-refractivity contribution in [2.75, 3.05) is 0 Å². The molecule has 646 valence electrons. The third-order valence-electron chi connectivity index (χ3n) is 23.1. The largest absolute Gasteiger partial charge is 0.508 e. The molecule has 17 rings (SSSR count). The van der Waals surface area contributed by atoms with Gasteiger partial charge < -0.3 is 14.9 Å². The number of phenolic OH excluding ortho intramolecular Hbond substituents is 1. The van der Waals surface area contributed by atoms with Gasteiger partial charge in [0, 0.05) is 81.6 Å². The zero-order valence-corrected chi connectivity index (χ0v) is 78.2.